The van der Waals surface area contributed by atoms with E-state index in [0.29, 0.717) is 11.1 Å². The third kappa shape index (κ3) is 1.86. The van der Waals surface area contributed by atoms with Gasteiger partial charge in [-0.1, -0.05) is 23.7 Å². The number of nitrogens with zero attached hydrogens (tertiary/aromatic N) is 1. The summed E-state index contributed by atoms with van der Waals surface area (Å²) in [5.41, 5.74) is 6.57. The van der Waals surface area contributed by atoms with Crippen LogP contribution >= 0.6 is 11.5 Å². The number of rotatable bonds is 2. The Morgan fingerprint density at radius 3 is 2.60 bits per heavy atom. The first-order valence-electron chi connectivity index (χ1n) is 5.82. The highest BCUT2D eigenvalue weighted by molar-refractivity contribution is 7.14. The number of carbonyl (C=O) groups is 1. The summed E-state index contributed by atoms with van der Waals surface area (Å²) >= 11 is 1.28. The minimum atomic E-state index is -1.05. The van der Waals surface area contributed by atoms with Crippen LogP contribution < -0.4 is 11.3 Å². The smallest absolute Gasteiger partial charge is 0.335 e. The summed E-state index contributed by atoms with van der Waals surface area (Å²) in [6.07, 6.45) is 0. The molecular weight excluding hydrogens is 276 g/mol. The minimum absolute atomic E-state index is 0.0976. The lowest BCUT2D eigenvalue weighted by molar-refractivity contribution is 0.0697. The van der Waals surface area contributed by atoms with Crippen LogP contribution in [0.5, 0.6) is 0 Å². The molecule has 20 heavy (non-hydrogen) atoms. The van der Waals surface area contributed by atoms with Crippen molar-refractivity contribution in [1.29, 1.82) is 0 Å². The summed E-state index contributed by atoms with van der Waals surface area (Å²) in [5.74, 6) is -1.05. The number of aromatic carboxylic acids is 1. The average molecular weight is 286 g/mol. The first kappa shape index (κ1) is 12.4. The second-order valence-electron chi connectivity index (χ2n) is 4.27. The number of hydrogen-bond donors (Lipinski definition) is 2. The van der Waals surface area contributed by atoms with Crippen LogP contribution in [0.25, 0.3) is 15.8 Å². The maximum Gasteiger partial charge on any atom is 0.335 e. The van der Waals surface area contributed by atoms with E-state index in [-0.39, 0.29) is 16.8 Å². The second kappa shape index (κ2) is 4.50. The lowest BCUT2D eigenvalue weighted by atomic mass is 10.2. The van der Waals surface area contributed by atoms with Crippen molar-refractivity contribution in [2.24, 2.45) is 0 Å². The Labute approximate surface area is 117 Å². The molecule has 0 saturated carbocycles. The van der Waals surface area contributed by atoms with E-state index >= 15 is 0 Å². The van der Waals surface area contributed by atoms with Gasteiger partial charge in [0, 0.05) is 0 Å². The fraction of sp³-hybridized carbons (Fsp3) is 0. The van der Waals surface area contributed by atoms with E-state index in [1.807, 2.05) is 12.1 Å². The van der Waals surface area contributed by atoms with Crippen LogP contribution in [0.1, 0.15) is 10.4 Å². The van der Waals surface area contributed by atoms with E-state index in [0.717, 1.165) is 4.70 Å². The number of carboxylic acid groups (broad SMARTS) is 1. The van der Waals surface area contributed by atoms with Crippen molar-refractivity contribution in [2.45, 2.75) is 0 Å². The van der Waals surface area contributed by atoms with Crippen molar-refractivity contribution in [3.8, 4) is 5.69 Å². The first-order chi connectivity index (χ1) is 9.58. The van der Waals surface area contributed by atoms with E-state index in [4.69, 9.17) is 10.8 Å². The topological polar surface area (TPSA) is 85.3 Å². The Kier molecular flexibility index (Phi) is 2.80. The van der Waals surface area contributed by atoms with Crippen molar-refractivity contribution < 1.29 is 9.90 Å². The predicted octanol–water partition coefficient (Wildman–Crippen LogP) is 2.33. The normalized spacial score (nSPS) is 10.8. The number of hydrogen-bond acceptors (Lipinski definition) is 4. The molecule has 100 valence electrons. The lowest BCUT2D eigenvalue weighted by Gasteiger charge is -2.05. The molecule has 0 amide bonds. The van der Waals surface area contributed by atoms with Gasteiger partial charge in [-0.3, -0.25) is 4.79 Å². The largest absolute Gasteiger partial charge is 0.478 e. The number of anilines is 1. The summed E-state index contributed by atoms with van der Waals surface area (Å²) in [6.45, 7) is 0. The van der Waals surface area contributed by atoms with E-state index in [1.54, 1.807) is 18.2 Å². The van der Waals surface area contributed by atoms with Gasteiger partial charge in [0.25, 0.3) is 5.56 Å². The maximum absolute atomic E-state index is 12.3. The van der Waals surface area contributed by atoms with Gasteiger partial charge >= 0.3 is 5.97 Å². The number of benzene rings is 2. The average Bonchev–Trinajstić information content (AvgIpc) is 2.76. The van der Waals surface area contributed by atoms with Crippen molar-refractivity contribution in [2.75, 3.05) is 5.73 Å². The summed E-state index contributed by atoms with van der Waals surface area (Å²) in [4.78, 5) is 23.2. The van der Waals surface area contributed by atoms with Crippen molar-refractivity contribution in [1.82, 2.24) is 3.96 Å². The number of aromatic nitrogens is 1. The Balaban J connectivity index is 2.23. The molecule has 0 bridgehead atoms. The molecule has 1 aromatic heterocycles. The van der Waals surface area contributed by atoms with Crippen molar-refractivity contribution in [3.63, 3.8) is 0 Å². The van der Waals surface area contributed by atoms with Crippen LogP contribution in [0.3, 0.4) is 0 Å². The summed E-state index contributed by atoms with van der Waals surface area (Å²) in [7, 11) is 0. The number of nitrogen functional groups attached to an aromatic ring is 1. The predicted molar refractivity (Wildman–Crippen MR) is 78.8 cm³/mol. The first-order valence-corrected chi connectivity index (χ1v) is 6.59. The van der Waals surface area contributed by atoms with Crippen LogP contribution in [-0.4, -0.2) is 15.0 Å². The standard InChI is InChI=1S/C14H10N2O3S/c15-10-7-8(14(18)19)5-6-11(10)16-13(17)9-3-1-2-4-12(9)20-16/h1-7H,15H2,(H,18,19). The molecule has 5 nitrogen and oxygen atoms in total. The Bertz CT molecular complexity index is 880. The molecule has 0 atom stereocenters. The Morgan fingerprint density at radius 1 is 1.20 bits per heavy atom. The molecular formula is C14H10N2O3S. The van der Waals surface area contributed by atoms with Crippen molar-refractivity contribution in [3.05, 3.63) is 58.4 Å². The zero-order valence-corrected chi connectivity index (χ0v) is 11.1. The molecule has 0 saturated heterocycles. The molecule has 0 aliphatic rings. The second-order valence-corrected chi connectivity index (χ2v) is 5.25. The summed E-state index contributed by atoms with van der Waals surface area (Å²) < 4.78 is 2.34. The zero-order valence-electron chi connectivity index (χ0n) is 10.2. The van der Waals surface area contributed by atoms with Crippen LogP contribution in [0.15, 0.2) is 47.3 Å². The van der Waals surface area contributed by atoms with Crippen LogP contribution in [-0.2, 0) is 0 Å². The Morgan fingerprint density at radius 2 is 1.95 bits per heavy atom. The van der Waals surface area contributed by atoms with Gasteiger partial charge in [-0.25, -0.2) is 8.75 Å². The summed E-state index contributed by atoms with van der Waals surface area (Å²) in [5, 5.41) is 9.54. The molecule has 3 aromatic rings. The number of carboxylic acids is 1. The highest BCUT2D eigenvalue weighted by atomic mass is 32.1. The third-order valence-corrected chi connectivity index (χ3v) is 4.08. The molecule has 0 aliphatic carbocycles. The molecule has 0 unspecified atom stereocenters. The molecule has 6 heteroatoms. The van der Waals surface area contributed by atoms with Gasteiger partial charge in [-0.2, -0.15) is 0 Å². The van der Waals surface area contributed by atoms with Gasteiger partial charge in [0.05, 0.1) is 27.0 Å². The molecule has 0 spiro atoms. The van der Waals surface area contributed by atoms with Crippen LogP contribution in [0, 0.1) is 0 Å². The molecule has 0 fully saturated rings. The van der Waals surface area contributed by atoms with Gasteiger partial charge in [0.15, 0.2) is 0 Å². The number of nitrogens with two attached hydrogens (primary N) is 1. The van der Waals surface area contributed by atoms with Gasteiger partial charge in [-0.15, -0.1) is 0 Å². The lowest BCUT2D eigenvalue weighted by Crippen LogP contribution is -2.13. The molecule has 1 heterocycles. The van der Waals surface area contributed by atoms with E-state index in [1.165, 1.54) is 27.6 Å². The third-order valence-electron chi connectivity index (χ3n) is 2.98. The number of fused-ring (bicyclic) bond motifs is 1. The SMILES string of the molecule is Nc1cc(C(=O)O)ccc1-n1sc2ccccc2c1=O. The fourth-order valence-electron chi connectivity index (χ4n) is 2.00. The minimum Gasteiger partial charge on any atom is -0.478 e. The summed E-state index contributed by atoms with van der Waals surface area (Å²) in [6, 6.07) is 11.6. The highest BCUT2D eigenvalue weighted by Gasteiger charge is 2.12. The molecule has 3 rings (SSSR count). The molecule has 0 aliphatic heterocycles. The van der Waals surface area contributed by atoms with Gasteiger partial charge < -0.3 is 10.8 Å². The molecule has 0 radical (unpaired) electrons. The van der Waals surface area contributed by atoms with E-state index < -0.39 is 5.97 Å². The van der Waals surface area contributed by atoms with Crippen molar-refractivity contribution >= 4 is 33.3 Å². The van der Waals surface area contributed by atoms with E-state index in [2.05, 4.69) is 0 Å². The van der Waals surface area contributed by atoms with Gasteiger partial charge in [-0.05, 0) is 30.3 Å². The molecule has 2 aromatic carbocycles. The zero-order chi connectivity index (χ0) is 14.3. The van der Waals surface area contributed by atoms with Crippen LogP contribution in [0.2, 0.25) is 0 Å². The monoisotopic (exact) mass is 286 g/mol. The van der Waals surface area contributed by atoms with E-state index in [9.17, 15) is 9.59 Å². The quantitative estimate of drug-likeness (QED) is 0.708. The van der Waals surface area contributed by atoms with Gasteiger partial charge in [0.2, 0.25) is 0 Å². The van der Waals surface area contributed by atoms with Gasteiger partial charge in [0.1, 0.15) is 0 Å². The fourth-order valence-corrected chi connectivity index (χ4v) is 3.04. The Hall–Kier alpha value is -2.60. The van der Waals surface area contributed by atoms with Crippen LogP contribution in [0.4, 0.5) is 5.69 Å². The molecule has 3 N–H and O–H groups in total. The maximum atomic E-state index is 12.3. The highest BCUT2D eigenvalue weighted by Crippen LogP contribution is 2.24.